The molecule has 0 aromatic heterocycles. The summed E-state index contributed by atoms with van der Waals surface area (Å²) in [5, 5.41) is 9.10. The third-order valence-electron chi connectivity index (χ3n) is 2.34. The van der Waals surface area contributed by atoms with Crippen molar-refractivity contribution in [1.82, 2.24) is 10.6 Å². The Kier molecular flexibility index (Phi) is 2.32. The molecular weight excluding hydrogens is 124 g/mol. The van der Waals surface area contributed by atoms with E-state index in [0.717, 1.165) is 0 Å². The molecule has 0 N–H and O–H groups in total. The van der Waals surface area contributed by atoms with Crippen LogP contribution in [0.3, 0.4) is 0 Å². The molecule has 1 aliphatic rings. The van der Waals surface area contributed by atoms with Crippen LogP contribution in [-0.2, 0) is 0 Å². The standard InChI is InChI=1S/C8H16N2/c1-5-6(2)10-8(4)7(3)9-5/h5-8H,1-4H3. The molecule has 2 nitrogen and oxygen atoms in total. The molecule has 4 unspecified atom stereocenters. The molecule has 58 valence electrons. The molecule has 0 aromatic rings. The van der Waals surface area contributed by atoms with E-state index in [2.05, 4.69) is 38.3 Å². The van der Waals surface area contributed by atoms with E-state index in [1.807, 2.05) is 0 Å². The average molecular weight is 140 g/mol. The number of nitrogens with zero attached hydrogens (tertiary/aromatic N) is 2. The molecule has 1 saturated heterocycles. The Balaban J connectivity index is 2.46. The summed E-state index contributed by atoms with van der Waals surface area (Å²) < 4.78 is 0. The molecule has 10 heavy (non-hydrogen) atoms. The van der Waals surface area contributed by atoms with Crippen molar-refractivity contribution in [2.24, 2.45) is 0 Å². The van der Waals surface area contributed by atoms with Crippen LogP contribution in [-0.4, -0.2) is 24.2 Å². The van der Waals surface area contributed by atoms with Gasteiger partial charge in [0, 0.05) is 24.2 Å². The topological polar surface area (TPSA) is 28.2 Å². The van der Waals surface area contributed by atoms with Gasteiger partial charge in [-0.15, -0.1) is 0 Å². The van der Waals surface area contributed by atoms with Crippen LogP contribution in [0.25, 0.3) is 0 Å². The molecule has 0 bridgehead atoms. The Bertz CT molecular complexity index is 87.8. The van der Waals surface area contributed by atoms with Gasteiger partial charge in [0.1, 0.15) is 0 Å². The normalized spacial score (nSPS) is 49.2. The van der Waals surface area contributed by atoms with Gasteiger partial charge in [-0.1, -0.05) is 0 Å². The maximum atomic E-state index is 4.55. The Morgan fingerprint density at radius 2 is 0.800 bits per heavy atom. The van der Waals surface area contributed by atoms with Crippen LogP contribution in [0.2, 0.25) is 0 Å². The number of hydrogen-bond donors (Lipinski definition) is 0. The van der Waals surface area contributed by atoms with Gasteiger partial charge in [0.05, 0.1) is 0 Å². The molecule has 1 heterocycles. The fourth-order valence-corrected chi connectivity index (χ4v) is 1.24. The van der Waals surface area contributed by atoms with E-state index in [9.17, 15) is 0 Å². The van der Waals surface area contributed by atoms with Crippen LogP contribution in [0.15, 0.2) is 0 Å². The second-order valence-corrected chi connectivity index (χ2v) is 3.26. The lowest BCUT2D eigenvalue weighted by atomic mass is 10.0. The van der Waals surface area contributed by atoms with E-state index in [0.29, 0.717) is 24.2 Å². The predicted octanol–water partition coefficient (Wildman–Crippen LogP) is 0.763. The zero-order chi connectivity index (χ0) is 7.72. The zero-order valence-corrected chi connectivity index (χ0v) is 7.20. The van der Waals surface area contributed by atoms with Gasteiger partial charge in [-0.05, 0) is 27.7 Å². The molecule has 0 aliphatic carbocycles. The van der Waals surface area contributed by atoms with E-state index < -0.39 is 0 Å². The van der Waals surface area contributed by atoms with E-state index in [1.54, 1.807) is 0 Å². The summed E-state index contributed by atoms with van der Waals surface area (Å²) >= 11 is 0. The monoisotopic (exact) mass is 140 g/mol. The van der Waals surface area contributed by atoms with E-state index in [-0.39, 0.29) is 0 Å². The molecule has 4 atom stereocenters. The molecule has 2 radical (unpaired) electrons. The highest BCUT2D eigenvalue weighted by atomic mass is 15.1. The first-order valence-corrected chi connectivity index (χ1v) is 4.01. The van der Waals surface area contributed by atoms with Crippen molar-refractivity contribution in [2.45, 2.75) is 51.9 Å². The summed E-state index contributed by atoms with van der Waals surface area (Å²) in [6.45, 7) is 8.54. The van der Waals surface area contributed by atoms with Crippen LogP contribution in [0.4, 0.5) is 0 Å². The molecule has 1 rings (SSSR count). The minimum atomic E-state index is 0.422. The van der Waals surface area contributed by atoms with E-state index in [4.69, 9.17) is 0 Å². The van der Waals surface area contributed by atoms with Crippen molar-refractivity contribution in [3.8, 4) is 0 Å². The lowest BCUT2D eigenvalue weighted by molar-refractivity contribution is 0.237. The highest BCUT2D eigenvalue weighted by molar-refractivity contribution is 4.89. The summed E-state index contributed by atoms with van der Waals surface area (Å²) in [6.07, 6.45) is 0. The molecule has 0 aromatic carbocycles. The molecule has 0 amide bonds. The highest BCUT2D eigenvalue weighted by Gasteiger charge is 2.28. The van der Waals surface area contributed by atoms with E-state index >= 15 is 0 Å². The van der Waals surface area contributed by atoms with Gasteiger partial charge in [0.15, 0.2) is 0 Å². The first-order valence-electron chi connectivity index (χ1n) is 4.01. The summed E-state index contributed by atoms with van der Waals surface area (Å²) in [6, 6.07) is 1.69. The number of piperazine rings is 1. The van der Waals surface area contributed by atoms with E-state index in [1.165, 1.54) is 0 Å². The first-order chi connectivity index (χ1) is 4.61. The number of hydrogen-bond acceptors (Lipinski definition) is 0. The quantitative estimate of drug-likeness (QED) is 0.475. The SMILES string of the molecule is CC1[N]C(C)C(C)[N]C1C. The third-order valence-corrected chi connectivity index (χ3v) is 2.34. The lowest BCUT2D eigenvalue weighted by Gasteiger charge is -2.34. The maximum Gasteiger partial charge on any atom is 0.0388 e. The highest BCUT2D eigenvalue weighted by Crippen LogP contribution is 2.09. The summed E-state index contributed by atoms with van der Waals surface area (Å²) in [7, 11) is 0. The fraction of sp³-hybridized carbons (Fsp3) is 1.00. The summed E-state index contributed by atoms with van der Waals surface area (Å²) in [4.78, 5) is 0. The smallest absolute Gasteiger partial charge is 0.0388 e. The fourth-order valence-electron chi connectivity index (χ4n) is 1.24. The van der Waals surface area contributed by atoms with Crippen molar-refractivity contribution in [2.75, 3.05) is 0 Å². The largest absolute Gasteiger partial charge is 0.232 e. The summed E-state index contributed by atoms with van der Waals surface area (Å²) in [5.74, 6) is 0. The summed E-state index contributed by atoms with van der Waals surface area (Å²) in [5.41, 5.74) is 0. The van der Waals surface area contributed by atoms with Crippen molar-refractivity contribution >= 4 is 0 Å². The molecule has 2 heteroatoms. The van der Waals surface area contributed by atoms with Crippen molar-refractivity contribution in [1.29, 1.82) is 0 Å². The molecular formula is C8H16N2. The minimum Gasteiger partial charge on any atom is -0.232 e. The Morgan fingerprint density at radius 3 is 1.00 bits per heavy atom. The third kappa shape index (κ3) is 1.50. The van der Waals surface area contributed by atoms with Gasteiger partial charge >= 0.3 is 0 Å². The van der Waals surface area contributed by atoms with Crippen molar-refractivity contribution < 1.29 is 0 Å². The van der Waals surface area contributed by atoms with Crippen molar-refractivity contribution in [3.63, 3.8) is 0 Å². The van der Waals surface area contributed by atoms with Gasteiger partial charge in [0.25, 0.3) is 0 Å². The van der Waals surface area contributed by atoms with Gasteiger partial charge in [-0.3, -0.25) is 0 Å². The van der Waals surface area contributed by atoms with Crippen LogP contribution in [0, 0.1) is 0 Å². The predicted molar refractivity (Wildman–Crippen MR) is 42.1 cm³/mol. The second kappa shape index (κ2) is 2.89. The zero-order valence-electron chi connectivity index (χ0n) is 7.20. The van der Waals surface area contributed by atoms with Gasteiger partial charge < -0.3 is 0 Å². The van der Waals surface area contributed by atoms with Gasteiger partial charge in [0.2, 0.25) is 0 Å². The second-order valence-electron chi connectivity index (χ2n) is 3.26. The molecule has 1 fully saturated rings. The first kappa shape index (κ1) is 8.02. The van der Waals surface area contributed by atoms with Crippen molar-refractivity contribution in [3.05, 3.63) is 0 Å². The number of rotatable bonds is 0. The molecule has 0 spiro atoms. The Morgan fingerprint density at radius 1 is 0.600 bits per heavy atom. The maximum absolute atomic E-state index is 4.55. The van der Waals surface area contributed by atoms with Gasteiger partial charge in [-0.2, -0.15) is 0 Å². The van der Waals surface area contributed by atoms with Crippen LogP contribution in [0.1, 0.15) is 27.7 Å². The minimum absolute atomic E-state index is 0.422. The Labute approximate surface area is 63.4 Å². The molecule has 1 aliphatic heterocycles. The van der Waals surface area contributed by atoms with Crippen LogP contribution >= 0.6 is 0 Å². The van der Waals surface area contributed by atoms with Crippen LogP contribution < -0.4 is 10.6 Å². The van der Waals surface area contributed by atoms with Crippen LogP contribution in [0.5, 0.6) is 0 Å². The Hall–Kier alpha value is -0.0800. The molecule has 0 saturated carbocycles. The lowest BCUT2D eigenvalue weighted by Crippen LogP contribution is -2.54. The van der Waals surface area contributed by atoms with Gasteiger partial charge in [-0.25, -0.2) is 10.6 Å². The average Bonchev–Trinajstić information content (AvgIpc) is 1.84.